The minimum absolute atomic E-state index is 1.09. The Morgan fingerprint density at radius 1 is 0.433 bits per heavy atom. The second kappa shape index (κ2) is 22.1. The van der Waals surface area contributed by atoms with E-state index in [9.17, 15) is 0 Å². The Bertz CT molecular complexity index is 334. The number of hydrogen-bond acceptors (Lipinski definition) is 3. The summed E-state index contributed by atoms with van der Waals surface area (Å²) in [7, 11) is 0. The molecule has 0 heterocycles. The van der Waals surface area contributed by atoms with Crippen LogP contribution in [0.3, 0.4) is 0 Å². The summed E-state index contributed by atoms with van der Waals surface area (Å²) in [5.74, 6) is 2.19. The predicted molar refractivity (Wildman–Crippen MR) is 135 cm³/mol. The van der Waals surface area contributed by atoms with Gasteiger partial charge in [0.15, 0.2) is 0 Å². The average molecular weight is 424 g/mol. The van der Waals surface area contributed by atoms with Crippen LogP contribution in [0.1, 0.15) is 123 Å². The molecule has 1 aliphatic carbocycles. The van der Waals surface area contributed by atoms with Gasteiger partial charge in [-0.3, -0.25) is 0 Å². The molecule has 3 heteroatoms. The molecular formula is C27H57N3. The first-order chi connectivity index (χ1) is 14.9. The monoisotopic (exact) mass is 423 g/mol. The number of rotatable bonds is 25. The van der Waals surface area contributed by atoms with Gasteiger partial charge in [-0.1, -0.05) is 97.3 Å². The maximum absolute atomic E-state index is 3.60. The van der Waals surface area contributed by atoms with Crippen molar-refractivity contribution in [3.05, 3.63) is 0 Å². The van der Waals surface area contributed by atoms with Crippen LogP contribution in [0.2, 0.25) is 0 Å². The van der Waals surface area contributed by atoms with Gasteiger partial charge in [-0.25, -0.2) is 0 Å². The van der Waals surface area contributed by atoms with Crippen LogP contribution in [0.25, 0.3) is 0 Å². The van der Waals surface area contributed by atoms with E-state index >= 15 is 0 Å². The lowest BCUT2D eigenvalue weighted by Crippen LogP contribution is -2.30. The van der Waals surface area contributed by atoms with E-state index in [0.717, 1.165) is 38.0 Å². The molecule has 2 atom stereocenters. The van der Waals surface area contributed by atoms with Crippen LogP contribution < -0.4 is 16.0 Å². The number of hydrogen-bond donors (Lipinski definition) is 3. The van der Waals surface area contributed by atoms with Crippen LogP contribution in [-0.4, -0.2) is 39.3 Å². The summed E-state index contributed by atoms with van der Waals surface area (Å²) in [6, 6.07) is 0. The van der Waals surface area contributed by atoms with Crippen molar-refractivity contribution in [2.24, 2.45) is 11.8 Å². The Kier molecular flexibility index (Phi) is 20.6. The van der Waals surface area contributed by atoms with Gasteiger partial charge in [-0.15, -0.1) is 0 Å². The zero-order valence-corrected chi connectivity index (χ0v) is 20.9. The fraction of sp³-hybridized carbons (Fsp3) is 1.00. The van der Waals surface area contributed by atoms with E-state index < -0.39 is 0 Å². The molecule has 3 nitrogen and oxygen atoms in total. The molecule has 0 spiro atoms. The van der Waals surface area contributed by atoms with Crippen molar-refractivity contribution in [3.63, 3.8) is 0 Å². The van der Waals surface area contributed by atoms with Crippen molar-refractivity contribution < 1.29 is 0 Å². The summed E-state index contributed by atoms with van der Waals surface area (Å²) in [4.78, 5) is 0. The molecule has 0 aromatic heterocycles. The third-order valence-corrected chi connectivity index (χ3v) is 6.82. The fourth-order valence-electron chi connectivity index (χ4n) is 4.60. The SMILES string of the molecule is CCCCCCCCCNCCCNCCNCCCCC1CC1CCCCCC. The molecule has 0 saturated heterocycles. The van der Waals surface area contributed by atoms with E-state index in [-0.39, 0.29) is 0 Å². The molecule has 180 valence electrons. The van der Waals surface area contributed by atoms with Gasteiger partial charge in [-0.2, -0.15) is 0 Å². The van der Waals surface area contributed by atoms with E-state index in [0.29, 0.717) is 0 Å². The van der Waals surface area contributed by atoms with Crippen LogP contribution in [0.15, 0.2) is 0 Å². The minimum Gasteiger partial charge on any atom is -0.317 e. The van der Waals surface area contributed by atoms with Gasteiger partial charge in [0, 0.05) is 13.1 Å². The van der Waals surface area contributed by atoms with Crippen LogP contribution in [-0.2, 0) is 0 Å². The molecule has 1 saturated carbocycles. The van der Waals surface area contributed by atoms with Gasteiger partial charge < -0.3 is 16.0 Å². The maximum atomic E-state index is 3.60. The summed E-state index contributed by atoms with van der Waals surface area (Å²) in [6.45, 7) is 11.5. The van der Waals surface area contributed by atoms with E-state index in [1.54, 1.807) is 0 Å². The quantitative estimate of drug-likeness (QED) is 0.143. The molecule has 3 N–H and O–H groups in total. The van der Waals surface area contributed by atoms with Gasteiger partial charge in [0.2, 0.25) is 0 Å². The van der Waals surface area contributed by atoms with Crippen molar-refractivity contribution in [1.29, 1.82) is 0 Å². The fourth-order valence-corrected chi connectivity index (χ4v) is 4.60. The van der Waals surface area contributed by atoms with Gasteiger partial charge >= 0.3 is 0 Å². The average Bonchev–Trinajstić information content (AvgIpc) is 3.51. The smallest absolute Gasteiger partial charge is 0.00767 e. The maximum Gasteiger partial charge on any atom is 0.00767 e. The molecule has 30 heavy (non-hydrogen) atoms. The lowest BCUT2D eigenvalue weighted by atomic mass is 10.1. The van der Waals surface area contributed by atoms with Gasteiger partial charge in [-0.05, 0) is 63.7 Å². The topological polar surface area (TPSA) is 36.1 Å². The molecule has 0 amide bonds. The van der Waals surface area contributed by atoms with Crippen molar-refractivity contribution in [3.8, 4) is 0 Å². The predicted octanol–water partition coefficient (Wildman–Crippen LogP) is 6.67. The molecule has 0 radical (unpaired) electrons. The van der Waals surface area contributed by atoms with Crippen molar-refractivity contribution in [2.45, 2.75) is 123 Å². The first-order valence-corrected chi connectivity index (χ1v) is 14.0. The molecule has 2 unspecified atom stereocenters. The van der Waals surface area contributed by atoms with E-state index in [1.165, 1.54) is 122 Å². The van der Waals surface area contributed by atoms with Gasteiger partial charge in [0.1, 0.15) is 0 Å². The largest absolute Gasteiger partial charge is 0.317 e. The summed E-state index contributed by atoms with van der Waals surface area (Å²) in [5.41, 5.74) is 0. The highest BCUT2D eigenvalue weighted by molar-refractivity contribution is 4.85. The highest BCUT2D eigenvalue weighted by Gasteiger charge is 2.34. The van der Waals surface area contributed by atoms with Crippen LogP contribution in [0, 0.1) is 11.8 Å². The summed E-state index contributed by atoms with van der Waals surface area (Å²) in [5, 5.41) is 10.8. The molecule has 0 bridgehead atoms. The molecule has 1 fully saturated rings. The normalized spacial score (nSPS) is 18.2. The van der Waals surface area contributed by atoms with E-state index in [1.807, 2.05) is 0 Å². The number of nitrogens with one attached hydrogen (secondary N) is 3. The van der Waals surface area contributed by atoms with E-state index in [2.05, 4.69) is 29.8 Å². The highest BCUT2D eigenvalue weighted by Crippen LogP contribution is 2.45. The zero-order chi connectivity index (χ0) is 21.5. The Morgan fingerprint density at radius 3 is 1.43 bits per heavy atom. The molecule has 1 aliphatic rings. The second-order valence-corrected chi connectivity index (χ2v) is 9.83. The van der Waals surface area contributed by atoms with Crippen molar-refractivity contribution >= 4 is 0 Å². The zero-order valence-electron chi connectivity index (χ0n) is 20.9. The summed E-state index contributed by atoms with van der Waals surface area (Å²) in [6.07, 6.45) is 24.2. The first kappa shape index (κ1) is 27.9. The van der Waals surface area contributed by atoms with Crippen LogP contribution >= 0.6 is 0 Å². The molecule has 1 rings (SSSR count). The molecule has 0 aliphatic heterocycles. The standard InChI is InChI=1S/C27H57N3/c1-3-5-7-9-10-11-14-19-28-21-16-22-30-24-23-29-20-15-13-18-27-25-26(27)17-12-8-6-4-2/h26-30H,3-25H2,1-2H3. The molecular weight excluding hydrogens is 366 g/mol. The Labute approximate surface area is 190 Å². The van der Waals surface area contributed by atoms with Crippen LogP contribution in [0.5, 0.6) is 0 Å². The lowest BCUT2D eigenvalue weighted by Gasteiger charge is -2.08. The number of unbranched alkanes of at least 4 members (excludes halogenated alkanes) is 10. The third-order valence-electron chi connectivity index (χ3n) is 6.82. The molecule has 0 aromatic rings. The van der Waals surface area contributed by atoms with Crippen molar-refractivity contribution in [2.75, 3.05) is 39.3 Å². The first-order valence-electron chi connectivity index (χ1n) is 14.0. The summed E-state index contributed by atoms with van der Waals surface area (Å²) >= 11 is 0. The Morgan fingerprint density at radius 2 is 0.833 bits per heavy atom. The Balaban J connectivity index is 1.65. The van der Waals surface area contributed by atoms with Gasteiger partial charge in [0.25, 0.3) is 0 Å². The Hall–Kier alpha value is -0.120. The van der Waals surface area contributed by atoms with Gasteiger partial charge in [0.05, 0.1) is 0 Å². The summed E-state index contributed by atoms with van der Waals surface area (Å²) < 4.78 is 0. The third kappa shape index (κ3) is 18.6. The minimum atomic E-state index is 1.09. The van der Waals surface area contributed by atoms with Crippen LogP contribution in [0.4, 0.5) is 0 Å². The lowest BCUT2D eigenvalue weighted by molar-refractivity contribution is 0.519. The van der Waals surface area contributed by atoms with E-state index in [4.69, 9.17) is 0 Å². The second-order valence-electron chi connectivity index (χ2n) is 9.83. The highest BCUT2D eigenvalue weighted by atomic mass is 14.9. The van der Waals surface area contributed by atoms with Crippen molar-refractivity contribution in [1.82, 2.24) is 16.0 Å². The molecule has 0 aromatic carbocycles.